The molecule has 0 bridgehead atoms. The average molecular weight is 186 g/mol. The second-order valence-corrected chi connectivity index (χ2v) is 3.40. The van der Waals surface area contributed by atoms with Crippen molar-refractivity contribution in [1.29, 1.82) is 0 Å². The number of allylic oxidation sites excluding steroid dienone is 4. The number of ether oxygens (including phenoxy) is 1. The van der Waals surface area contributed by atoms with Gasteiger partial charge in [0.1, 0.15) is 0 Å². The molecule has 14 heavy (non-hydrogen) atoms. The number of hydrogen-bond acceptors (Lipinski definition) is 1. The zero-order valence-corrected chi connectivity index (χ0v) is 8.36. The molecule has 0 fully saturated rings. The second-order valence-electron chi connectivity index (χ2n) is 3.40. The van der Waals surface area contributed by atoms with Crippen molar-refractivity contribution in [3.05, 3.63) is 53.8 Å². The van der Waals surface area contributed by atoms with Crippen molar-refractivity contribution in [3.63, 3.8) is 0 Å². The molecule has 0 atom stereocenters. The first-order valence-electron chi connectivity index (χ1n) is 4.89. The van der Waals surface area contributed by atoms with Crippen molar-refractivity contribution in [2.24, 2.45) is 0 Å². The molecule has 0 N–H and O–H groups in total. The van der Waals surface area contributed by atoms with Crippen LogP contribution < -0.4 is 0 Å². The largest absolute Gasteiger partial charge is 0.501 e. The summed E-state index contributed by atoms with van der Waals surface area (Å²) >= 11 is 0. The summed E-state index contributed by atoms with van der Waals surface area (Å²) in [6, 6.07) is 10.5. The minimum Gasteiger partial charge on any atom is -0.501 e. The lowest BCUT2D eigenvalue weighted by Gasteiger charge is -2.13. The van der Waals surface area contributed by atoms with Crippen LogP contribution in [0.4, 0.5) is 0 Å². The molecule has 0 radical (unpaired) electrons. The van der Waals surface area contributed by atoms with Crippen molar-refractivity contribution in [2.45, 2.75) is 12.8 Å². The first-order chi connectivity index (χ1) is 6.90. The maximum Gasteiger partial charge on any atom is 0.0958 e. The third-order valence-electron chi connectivity index (χ3n) is 2.52. The Labute approximate surface area is 84.7 Å². The van der Waals surface area contributed by atoms with E-state index in [2.05, 4.69) is 36.4 Å². The first-order valence-corrected chi connectivity index (χ1v) is 4.89. The second kappa shape index (κ2) is 4.14. The molecular weight excluding hydrogens is 172 g/mol. The average Bonchev–Trinajstić information content (AvgIpc) is 2.30. The fourth-order valence-corrected chi connectivity index (χ4v) is 1.68. The molecular formula is C13H14O. The zero-order valence-electron chi connectivity index (χ0n) is 8.36. The van der Waals surface area contributed by atoms with Gasteiger partial charge >= 0.3 is 0 Å². The van der Waals surface area contributed by atoms with Crippen molar-refractivity contribution >= 4 is 5.57 Å². The van der Waals surface area contributed by atoms with Crippen molar-refractivity contribution in [2.75, 3.05) is 7.11 Å². The van der Waals surface area contributed by atoms with E-state index in [0.717, 1.165) is 18.6 Å². The molecule has 2 rings (SSSR count). The number of benzene rings is 1. The van der Waals surface area contributed by atoms with E-state index in [0.29, 0.717) is 0 Å². The van der Waals surface area contributed by atoms with Crippen LogP contribution in [0.15, 0.2) is 48.2 Å². The molecule has 1 aliphatic rings. The van der Waals surface area contributed by atoms with E-state index in [9.17, 15) is 0 Å². The minimum atomic E-state index is 1.01. The van der Waals surface area contributed by atoms with Crippen LogP contribution in [0.1, 0.15) is 18.4 Å². The molecule has 1 nitrogen and oxygen atoms in total. The van der Waals surface area contributed by atoms with E-state index in [1.165, 1.54) is 11.1 Å². The predicted octanol–water partition coefficient (Wildman–Crippen LogP) is 3.39. The zero-order chi connectivity index (χ0) is 9.80. The highest BCUT2D eigenvalue weighted by Gasteiger charge is 2.07. The van der Waals surface area contributed by atoms with Crippen LogP contribution in [0.2, 0.25) is 0 Å². The molecule has 0 spiro atoms. The van der Waals surface area contributed by atoms with E-state index in [1.54, 1.807) is 7.11 Å². The Hall–Kier alpha value is -1.50. The summed E-state index contributed by atoms with van der Waals surface area (Å²) in [5.74, 6) is 1.07. The van der Waals surface area contributed by atoms with Gasteiger partial charge in [-0.2, -0.15) is 0 Å². The minimum absolute atomic E-state index is 1.01. The van der Waals surface area contributed by atoms with E-state index in [-0.39, 0.29) is 0 Å². The van der Waals surface area contributed by atoms with Crippen LogP contribution in [-0.4, -0.2) is 7.11 Å². The maximum atomic E-state index is 5.19. The third-order valence-corrected chi connectivity index (χ3v) is 2.52. The normalized spacial score (nSPS) is 15.8. The van der Waals surface area contributed by atoms with Gasteiger partial charge in [-0.25, -0.2) is 0 Å². The summed E-state index contributed by atoms with van der Waals surface area (Å²) in [5.41, 5.74) is 2.71. The Bertz CT molecular complexity index is 360. The molecule has 1 aromatic carbocycles. The van der Waals surface area contributed by atoms with Gasteiger partial charge < -0.3 is 4.74 Å². The van der Waals surface area contributed by atoms with Crippen LogP contribution in [-0.2, 0) is 4.74 Å². The highest BCUT2D eigenvalue weighted by Crippen LogP contribution is 2.26. The standard InChI is InChI=1S/C13H14O/c1-14-13-9-7-12(8-10-13)11-5-3-2-4-6-11/h2-7,9H,8,10H2,1H3. The van der Waals surface area contributed by atoms with Crippen LogP contribution in [0, 0.1) is 0 Å². The fraction of sp³-hybridized carbons (Fsp3) is 0.231. The number of rotatable bonds is 2. The molecule has 0 saturated carbocycles. The van der Waals surface area contributed by atoms with E-state index in [4.69, 9.17) is 4.74 Å². The van der Waals surface area contributed by atoms with Gasteiger partial charge in [-0.1, -0.05) is 36.4 Å². The highest BCUT2D eigenvalue weighted by atomic mass is 16.5. The highest BCUT2D eigenvalue weighted by molar-refractivity contribution is 5.68. The van der Waals surface area contributed by atoms with E-state index in [1.807, 2.05) is 6.07 Å². The van der Waals surface area contributed by atoms with Crippen LogP contribution in [0.5, 0.6) is 0 Å². The Kier molecular flexibility index (Phi) is 2.68. The predicted molar refractivity (Wildman–Crippen MR) is 58.7 cm³/mol. The molecule has 1 aromatic rings. The fourth-order valence-electron chi connectivity index (χ4n) is 1.68. The van der Waals surface area contributed by atoms with E-state index < -0.39 is 0 Å². The quantitative estimate of drug-likeness (QED) is 0.687. The van der Waals surface area contributed by atoms with Crippen LogP contribution in [0.25, 0.3) is 5.57 Å². The SMILES string of the molecule is COC1=CC=C(c2ccccc2)CC1. The molecule has 1 heteroatoms. The van der Waals surface area contributed by atoms with Gasteiger partial charge in [-0.15, -0.1) is 0 Å². The van der Waals surface area contributed by atoms with Gasteiger partial charge in [0.25, 0.3) is 0 Å². The Morgan fingerprint density at radius 2 is 1.79 bits per heavy atom. The first kappa shape index (κ1) is 9.07. The summed E-state index contributed by atoms with van der Waals surface area (Å²) in [6.45, 7) is 0. The molecule has 0 aliphatic heterocycles. The van der Waals surface area contributed by atoms with Gasteiger partial charge in [0, 0.05) is 6.42 Å². The summed E-state index contributed by atoms with van der Waals surface area (Å²) in [7, 11) is 1.73. The lowest BCUT2D eigenvalue weighted by atomic mass is 9.97. The van der Waals surface area contributed by atoms with Gasteiger partial charge in [0.15, 0.2) is 0 Å². The number of hydrogen-bond donors (Lipinski definition) is 0. The Morgan fingerprint density at radius 1 is 1.00 bits per heavy atom. The van der Waals surface area contributed by atoms with Crippen LogP contribution >= 0.6 is 0 Å². The topological polar surface area (TPSA) is 9.23 Å². The van der Waals surface area contributed by atoms with Crippen molar-refractivity contribution < 1.29 is 4.74 Å². The smallest absolute Gasteiger partial charge is 0.0958 e. The van der Waals surface area contributed by atoms with E-state index >= 15 is 0 Å². The van der Waals surface area contributed by atoms with Gasteiger partial charge in [0.2, 0.25) is 0 Å². The Morgan fingerprint density at radius 3 is 2.36 bits per heavy atom. The van der Waals surface area contributed by atoms with Crippen molar-refractivity contribution in [1.82, 2.24) is 0 Å². The van der Waals surface area contributed by atoms with Crippen LogP contribution in [0.3, 0.4) is 0 Å². The molecule has 0 aromatic heterocycles. The lowest BCUT2D eigenvalue weighted by molar-refractivity contribution is 0.277. The van der Waals surface area contributed by atoms with Gasteiger partial charge in [0.05, 0.1) is 12.9 Å². The number of methoxy groups -OCH3 is 1. The Balaban J connectivity index is 2.22. The molecule has 72 valence electrons. The molecule has 0 heterocycles. The summed E-state index contributed by atoms with van der Waals surface area (Å²) < 4.78 is 5.19. The van der Waals surface area contributed by atoms with Gasteiger partial charge in [-0.3, -0.25) is 0 Å². The summed E-state index contributed by atoms with van der Waals surface area (Å²) in [5, 5.41) is 0. The summed E-state index contributed by atoms with van der Waals surface area (Å²) in [6.07, 6.45) is 6.30. The lowest BCUT2D eigenvalue weighted by Crippen LogP contribution is -1.94. The molecule has 0 saturated heterocycles. The maximum absolute atomic E-state index is 5.19. The molecule has 1 aliphatic carbocycles. The monoisotopic (exact) mass is 186 g/mol. The van der Waals surface area contributed by atoms with Gasteiger partial charge in [-0.05, 0) is 23.6 Å². The molecule has 0 unspecified atom stereocenters. The summed E-state index contributed by atoms with van der Waals surface area (Å²) in [4.78, 5) is 0. The van der Waals surface area contributed by atoms with Crippen molar-refractivity contribution in [3.8, 4) is 0 Å². The third kappa shape index (κ3) is 1.87. The molecule has 0 amide bonds.